The van der Waals surface area contributed by atoms with E-state index in [9.17, 15) is 4.79 Å². The van der Waals surface area contributed by atoms with Crippen LogP contribution in [-0.4, -0.2) is 39.7 Å². The van der Waals surface area contributed by atoms with Gasteiger partial charge in [-0.3, -0.25) is 9.48 Å². The molecule has 2 rings (SSSR count). The van der Waals surface area contributed by atoms with Gasteiger partial charge in [-0.15, -0.1) is 0 Å². The quantitative estimate of drug-likeness (QED) is 0.844. The van der Waals surface area contributed by atoms with Crippen LogP contribution in [0.5, 0.6) is 0 Å². The van der Waals surface area contributed by atoms with Gasteiger partial charge in [-0.2, -0.15) is 5.10 Å². The maximum absolute atomic E-state index is 12.5. The summed E-state index contributed by atoms with van der Waals surface area (Å²) in [6, 6.07) is 0.0875. The number of carbonyl (C=O) groups is 1. The minimum atomic E-state index is 0.0716. The van der Waals surface area contributed by atoms with Crippen molar-refractivity contribution >= 4 is 5.91 Å². The molecule has 0 bridgehead atoms. The van der Waals surface area contributed by atoms with Crippen LogP contribution in [0, 0.1) is 5.92 Å². The molecule has 2 heterocycles. The average Bonchev–Trinajstić information content (AvgIpc) is 2.73. The topological polar surface area (TPSA) is 64.2 Å². The van der Waals surface area contributed by atoms with Gasteiger partial charge in [0, 0.05) is 32.4 Å². The number of likely N-dealkylation sites (tertiary alicyclic amines) is 1. The van der Waals surface area contributed by atoms with Crippen LogP contribution >= 0.6 is 0 Å². The van der Waals surface area contributed by atoms with Gasteiger partial charge in [0.15, 0.2) is 0 Å². The van der Waals surface area contributed by atoms with Crippen LogP contribution in [0.25, 0.3) is 0 Å². The average molecular weight is 250 g/mol. The molecule has 100 valence electrons. The highest BCUT2D eigenvalue weighted by Gasteiger charge is 2.28. The number of aromatic nitrogens is 2. The van der Waals surface area contributed by atoms with E-state index in [1.165, 1.54) is 0 Å². The first-order chi connectivity index (χ1) is 8.52. The molecule has 1 aromatic heterocycles. The number of rotatable bonds is 2. The first-order valence-electron chi connectivity index (χ1n) is 6.60. The molecule has 18 heavy (non-hydrogen) atoms. The van der Waals surface area contributed by atoms with Gasteiger partial charge in [0.1, 0.15) is 0 Å². The summed E-state index contributed by atoms with van der Waals surface area (Å²) in [7, 11) is 1.85. The number of aryl methyl sites for hydroxylation is 2. The standard InChI is InChI=1S/C13H22N4O/c1-4-12-10(7-16(3)15-12)13(18)17-6-5-9(2)11(14)8-17/h7,9,11H,4-6,8,14H2,1-3H3. The highest BCUT2D eigenvalue weighted by Crippen LogP contribution is 2.19. The first kappa shape index (κ1) is 13.1. The molecule has 1 saturated heterocycles. The Hall–Kier alpha value is -1.36. The largest absolute Gasteiger partial charge is 0.337 e. The summed E-state index contributed by atoms with van der Waals surface area (Å²) in [6.07, 6.45) is 3.57. The van der Waals surface area contributed by atoms with E-state index in [-0.39, 0.29) is 11.9 Å². The van der Waals surface area contributed by atoms with Crippen LogP contribution in [0.3, 0.4) is 0 Å². The molecule has 1 aliphatic heterocycles. The zero-order valence-corrected chi connectivity index (χ0v) is 11.4. The monoisotopic (exact) mass is 250 g/mol. The van der Waals surface area contributed by atoms with E-state index >= 15 is 0 Å². The van der Waals surface area contributed by atoms with Crippen LogP contribution < -0.4 is 5.73 Å². The van der Waals surface area contributed by atoms with Crippen LogP contribution in [0.1, 0.15) is 36.3 Å². The summed E-state index contributed by atoms with van der Waals surface area (Å²) in [5, 5.41) is 4.32. The minimum absolute atomic E-state index is 0.0716. The second kappa shape index (κ2) is 5.10. The van der Waals surface area contributed by atoms with Crippen molar-refractivity contribution in [1.29, 1.82) is 0 Å². The molecule has 2 unspecified atom stereocenters. The van der Waals surface area contributed by atoms with Gasteiger partial charge >= 0.3 is 0 Å². The fraction of sp³-hybridized carbons (Fsp3) is 0.692. The molecule has 1 fully saturated rings. The van der Waals surface area contributed by atoms with Crippen molar-refractivity contribution < 1.29 is 4.79 Å². The molecule has 2 N–H and O–H groups in total. The van der Waals surface area contributed by atoms with Gasteiger partial charge in [0.05, 0.1) is 11.3 Å². The third-order valence-corrected chi connectivity index (χ3v) is 3.77. The van der Waals surface area contributed by atoms with Crippen molar-refractivity contribution in [2.45, 2.75) is 32.7 Å². The van der Waals surface area contributed by atoms with Crippen molar-refractivity contribution in [2.24, 2.45) is 18.7 Å². The summed E-state index contributed by atoms with van der Waals surface area (Å²) in [5.74, 6) is 0.566. The molecule has 1 amide bonds. The molecule has 1 aliphatic rings. The fourth-order valence-electron chi connectivity index (χ4n) is 2.43. The van der Waals surface area contributed by atoms with E-state index in [0.29, 0.717) is 12.5 Å². The molecule has 0 aromatic carbocycles. The van der Waals surface area contributed by atoms with Crippen LogP contribution in [0.2, 0.25) is 0 Å². The van der Waals surface area contributed by atoms with E-state index in [1.54, 1.807) is 4.68 Å². The van der Waals surface area contributed by atoms with Crippen molar-refractivity contribution in [3.63, 3.8) is 0 Å². The number of carbonyl (C=O) groups excluding carboxylic acids is 1. The second-order valence-corrected chi connectivity index (χ2v) is 5.20. The molecule has 5 heteroatoms. The molecule has 5 nitrogen and oxygen atoms in total. The van der Waals surface area contributed by atoms with Gasteiger partial charge in [-0.05, 0) is 18.8 Å². The first-order valence-corrected chi connectivity index (χ1v) is 6.60. The molecular weight excluding hydrogens is 228 g/mol. The Morgan fingerprint density at radius 3 is 2.94 bits per heavy atom. The Kier molecular flexibility index (Phi) is 3.71. The molecular formula is C13H22N4O. The lowest BCUT2D eigenvalue weighted by molar-refractivity contribution is 0.0671. The summed E-state index contributed by atoms with van der Waals surface area (Å²) in [5.41, 5.74) is 7.64. The summed E-state index contributed by atoms with van der Waals surface area (Å²) >= 11 is 0. The van der Waals surface area contributed by atoms with E-state index in [1.807, 2.05) is 25.1 Å². The highest BCUT2D eigenvalue weighted by molar-refractivity contribution is 5.95. The molecule has 2 atom stereocenters. The lowest BCUT2D eigenvalue weighted by Crippen LogP contribution is -2.49. The Morgan fingerprint density at radius 2 is 2.33 bits per heavy atom. The van der Waals surface area contributed by atoms with Gasteiger partial charge < -0.3 is 10.6 Å². The normalized spacial score (nSPS) is 24.3. The Balaban J connectivity index is 2.16. The maximum atomic E-state index is 12.5. The number of hydrogen-bond donors (Lipinski definition) is 1. The molecule has 0 radical (unpaired) electrons. The predicted octanol–water partition coefficient (Wildman–Crippen LogP) is 0.792. The Labute approximate surface area is 108 Å². The highest BCUT2D eigenvalue weighted by atomic mass is 16.2. The van der Waals surface area contributed by atoms with Gasteiger partial charge in [0.2, 0.25) is 0 Å². The second-order valence-electron chi connectivity index (χ2n) is 5.20. The molecule has 0 saturated carbocycles. The van der Waals surface area contributed by atoms with Gasteiger partial charge in [-0.1, -0.05) is 13.8 Å². The third-order valence-electron chi connectivity index (χ3n) is 3.77. The number of nitrogens with two attached hydrogens (primary N) is 1. The Morgan fingerprint density at radius 1 is 1.61 bits per heavy atom. The van der Waals surface area contributed by atoms with Crippen molar-refractivity contribution in [3.8, 4) is 0 Å². The fourth-order valence-corrected chi connectivity index (χ4v) is 2.43. The van der Waals surface area contributed by atoms with Crippen LogP contribution in [-0.2, 0) is 13.5 Å². The van der Waals surface area contributed by atoms with Crippen molar-refractivity contribution in [2.75, 3.05) is 13.1 Å². The third kappa shape index (κ3) is 2.41. The lowest BCUT2D eigenvalue weighted by atomic mass is 9.94. The SMILES string of the molecule is CCc1nn(C)cc1C(=O)N1CCC(C)C(N)C1. The van der Waals surface area contributed by atoms with Gasteiger partial charge in [0.25, 0.3) is 5.91 Å². The van der Waals surface area contributed by atoms with Crippen LogP contribution in [0.4, 0.5) is 0 Å². The van der Waals surface area contributed by atoms with Crippen LogP contribution in [0.15, 0.2) is 6.20 Å². The zero-order valence-electron chi connectivity index (χ0n) is 11.4. The van der Waals surface area contributed by atoms with E-state index < -0.39 is 0 Å². The van der Waals surface area contributed by atoms with E-state index in [0.717, 1.165) is 30.6 Å². The smallest absolute Gasteiger partial charge is 0.257 e. The molecule has 0 aliphatic carbocycles. The van der Waals surface area contributed by atoms with Crippen molar-refractivity contribution in [1.82, 2.24) is 14.7 Å². The van der Waals surface area contributed by atoms with Crippen molar-refractivity contribution in [3.05, 3.63) is 17.5 Å². The number of hydrogen-bond acceptors (Lipinski definition) is 3. The lowest BCUT2D eigenvalue weighted by Gasteiger charge is -2.35. The summed E-state index contributed by atoms with van der Waals surface area (Å²) < 4.78 is 1.71. The molecule has 0 spiro atoms. The summed E-state index contributed by atoms with van der Waals surface area (Å²) in [4.78, 5) is 14.3. The number of amides is 1. The molecule has 1 aromatic rings. The summed E-state index contributed by atoms with van der Waals surface area (Å²) in [6.45, 7) is 5.61. The minimum Gasteiger partial charge on any atom is -0.337 e. The Bertz CT molecular complexity index is 440. The van der Waals surface area contributed by atoms with E-state index in [4.69, 9.17) is 5.73 Å². The number of nitrogens with zero attached hydrogens (tertiary/aromatic N) is 3. The predicted molar refractivity (Wildman–Crippen MR) is 70.2 cm³/mol. The zero-order chi connectivity index (χ0) is 13.3. The number of piperidine rings is 1. The van der Waals surface area contributed by atoms with Gasteiger partial charge in [-0.25, -0.2) is 0 Å². The maximum Gasteiger partial charge on any atom is 0.257 e. The van der Waals surface area contributed by atoms with E-state index in [2.05, 4.69) is 12.0 Å².